The maximum absolute atomic E-state index is 11.9. The first-order valence-corrected chi connectivity index (χ1v) is 7.07. The lowest BCUT2D eigenvalue weighted by Crippen LogP contribution is -2.33. The van der Waals surface area contributed by atoms with Crippen LogP contribution in [-0.4, -0.2) is 23.7 Å². The molecule has 1 saturated carbocycles. The fraction of sp³-hybridized carbons (Fsp3) is 0.929. The van der Waals surface area contributed by atoms with Gasteiger partial charge in [-0.2, -0.15) is 0 Å². The van der Waals surface area contributed by atoms with E-state index in [1.165, 1.54) is 25.7 Å². The SMILES string of the molecule is CC(C)C(O)CCNC(=O)C1CCCCCC1. The highest BCUT2D eigenvalue weighted by Gasteiger charge is 2.19. The van der Waals surface area contributed by atoms with Crippen molar-refractivity contribution in [2.24, 2.45) is 11.8 Å². The number of aliphatic hydroxyl groups excluding tert-OH is 1. The van der Waals surface area contributed by atoms with Crippen LogP contribution >= 0.6 is 0 Å². The molecule has 0 spiro atoms. The maximum atomic E-state index is 11.9. The van der Waals surface area contributed by atoms with E-state index in [1.54, 1.807) is 0 Å². The van der Waals surface area contributed by atoms with E-state index >= 15 is 0 Å². The van der Waals surface area contributed by atoms with Gasteiger partial charge >= 0.3 is 0 Å². The number of amides is 1. The van der Waals surface area contributed by atoms with Crippen molar-refractivity contribution in [1.82, 2.24) is 5.32 Å². The van der Waals surface area contributed by atoms with Crippen LogP contribution < -0.4 is 5.32 Å². The summed E-state index contributed by atoms with van der Waals surface area (Å²) >= 11 is 0. The van der Waals surface area contributed by atoms with Gasteiger partial charge in [-0.1, -0.05) is 39.5 Å². The minimum atomic E-state index is -0.301. The second-order valence-corrected chi connectivity index (χ2v) is 5.58. The van der Waals surface area contributed by atoms with Crippen LogP contribution in [0.15, 0.2) is 0 Å². The van der Waals surface area contributed by atoms with Crippen LogP contribution in [-0.2, 0) is 4.79 Å². The van der Waals surface area contributed by atoms with Gasteiger partial charge in [0.15, 0.2) is 0 Å². The van der Waals surface area contributed by atoms with E-state index < -0.39 is 0 Å². The topological polar surface area (TPSA) is 49.3 Å². The highest BCUT2D eigenvalue weighted by atomic mass is 16.3. The van der Waals surface area contributed by atoms with Crippen molar-refractivity contribution in [2.45, 2.75) is 64.9 Å². The minimum absolute atomic E-state index is 0.197. The first-order valence-electron chi connectivity index (χ1n) is 7.07. The van der Waals surface area contributed by atoms with Gasteiger partial charge in [0.2, 0.25) is 5.91 Å². The van der Waals surface area contributed by atoms with Crippen molar-refractivity contribution in [2.75, 3.05) is 6.54 Å². The lowest BCUT2D eigenvalue weighted by Gasteiger charge is -2.17. The Labute approximate surface area is 105 Å². The summed E-state index contributed by atoms with van der Waals surface area (Å²) in [7, 11) is 0. The minimum Gasteiger partial charge on any atom is -0.393 e. The van der Waals surface area contributed by atoms with E-state index in [9.17, 15) is 9.90 Å². The van der Waals surface area contributed by atoms with Crippen molar-refractivity contribution < 1.29 is 9.90 Å². The van der Waals surface area contributed by atoms with Crippen LogP contribution in [0.1, 0.15) is 58.8 Å². The third-order valence-corrected chi connectivity index (χ3v) is 3.73. The average Bonchev–Trinajstić information content (AvgIpc) is 2.57. The Balaban J connectivity index is 2.19. The van der Waals surface area contributed by atoms with E-state index in [0.29, 0.717) is 13.0 Å². The molecule has 1 rings (SSSR count). The molecule has 0 aromatic carbocycles. The van der Waals surface area contributed by atoms with Gasteiger partial charge in [0.25, 0.3) is 0 Å². The Hall–Kier alpha value is -0.570. The number of hydrogen-bond donors (Lipinski definition) is 2. The molecule has 0 radical (unpaired) electrons. The summed E-state index contributed by atoms with van der Waals surface area (Å²) in [6.45, 7) is 4.60. The van der Waals surface area contributed by atoms with Crippen molar-refractivity contribution in [3.05, 3.63) is 0 Å². The zero-order valence-electron chi connectivity index (χ0n) is 11.2. The van der Waals surface area contributed by atoms with Gasteiger partial charge in [-0.25, -0.2) is 0 Å². The fourth-order valence-electron chi connectivity index (χ4n) is 2.36. The summed E-state index contributed by atoms with van der Waals surface area (Å²) in [6.07, 6.45) is 7.36. The number of carbonyl (C=O) groups is 1. The van der Waals surface area contributed by atoms with Crippen molar-refractivity contribution >= 4 is 5.91 Å². The second kappa shape index (κ2) is 7.70. The van der Waals surface area contributed by atoms with Crippen molar-refractivity contribution in [3.63, 3.8) is 0 Å². The van der Waals surface area contributed by atoms with E-state index in [0.717, 1.165) is 12.8 Å². The number of hydrogen-bond acceptors (Lipinski definition) is 2. The Morgan fingerprint density at radius 3 is 2.35 bits per heavy atom. The molecule has 1 aliphatic rings. The summed E-state index contributed by atoms with van der Waals surface area (Å²) < 4.78 is 0. The smallest absolute Gasteiger partial charge is 0.223 e. The van der Waals surface area contributed by atoms with Gasteiger partial charge in [-0.05, 0) is 25.2 Å². The molecule has 17 heavy (non-hydrogen) atoms. The maximum Gasteiger partial charge on any atom is 0.223 e. The molecule has 0 aromatic rings. The Bertz CT molecular complexity index is 220. The molecule has 0 aliphatic heterocycles. The highest BCUT2D eigenvalue weighted by molar-refractivity contribution is 5.78. The summed E-state index contributed by atoms with van der Waals surface area (Å²) in [5.74, 6) is 0.682. The molecule has 1 atom stereocenters. The van der Waals surface area contributed by atoms with E-state index in [2.05, 4.69) is 5.32 Å². The molecule has 0 heterocycles. The lowest BCUT2D eigenvalue weighted by atomic mass is 9.99. The van der Waals surface area contributed by atoms with Crippen molar-refractivity contribution in [1.29, 1.82) is 0 Å². The zero-order valence-corrected chi connectivity index (χ0v) is 11.2. The molecule has 3 heteroatoms. The largest absolute Gasteiger partial charge is 0.393 e. The molecule has 2 N–H and O–H groups in total. The quantitative estimate of drug-likeness (QED) is 0.726. The van der Waals surface area contributed by atoms with Crippen LogP contribution in [0.3, 0.4) is 0 Å². The van der Waals surface area contributed by atoms with Crippen LogP contribution in [0.4, 0.5) is 0 Å². The zero-order chi connectivity index (χ0) is 12.7. The first kappa shape index (κ1) is 14.5. The third-order valence-electron chi connectivity index (χ3n) is 3.73. The van der Waals surface area contributed by atoms with Crippen LogP contribution in [0.2, 0.25) is 0 Å². The molecule has 1 aliphatic carbocycles. The standard InChI is InChI=1S/C14H27NO2/c1-11(2)13(16)9-10-15-14(17)12-7-5-3-4-6-8-12/h11-13,16H,3-10H2,1-2H3,(H,15,17). The second-order valence-electron chi connectivity index (χ2n) is 5.58. The first-order chi connectivity index (χ1) is 8.11. The monoisotopic (exact) mass is 241 g/mol. The fourth-order valence-corrected chi connectivity index (χ4v) is 2.36. The predicted molar refractivity (Wildman–Crippen MR) is 69.7 cm³/mol. The average molecular weight is 241 g/mol. The summed E-state index contributed by atoms with van der Waals surface area (Å²) in [5, 5.41) is 12.6. The van der Waals surface area contributed by atoms with E-state index in [4.69, 9.17) is 0 Å². The molecular weight excluding hydrogens is 214 g/mol. The molecule has 1 amide bonds. The highest BCUT2D eigenvalue weighted by Crippen LogP contribution is 2.22. The molecule has 0 saturated heterocycles. The number of nitrogens with one attached hydrogen (secondary N) is 1. The number of rotatable bonds is 5. The molecular formula is C14H27NO2. The third kappa shape index (κ3) is 5.53. The van der Waals surface area contributed by atoms with Crippen LogP contribution in [0.25, 0.3) is 0 Å². The van der Waals surface area contributed by atoms with E-state index in [1.807, 2.05) is 13.8 Å². The normalized spacial score (nSPS) is 20.0. The van der Waals surface area contributed by atoms with Gasteiger partial charge < -0.3 is 10.4 Å². The summed E-state index contributed by atoms with van der Waals surface area (Å²) in [4.78, 5) is 11.9. The van der Waals surface area contributed by atoms with Gasteiger partial charge in [0, 0.05) is 12.5 Å². The number of aliphatic hydroxyl groups is 1. The molecule has 0 bridgehead atoms. The van der Waals surface area contributed by atoms with Crippen molar-refractivity contribution in [3.8, 4) is 0 Å². The van der Waals surface area contributed by atoms with Crippen LogP contribution in [0.5, 0.6) is 0 Å². The Morgan fingerprint density at radius 1 is 1.24 bits per heavy atom. The number of carbonyl (C=O) groups excluding carboxylic acids is 1. The van der Waals surface area contributed by atoms with E-state index in [-0.39, 0.29) is 23.8 Å². The van der Waals surface area contributed by atoms with Gasteiger partial charge in [-0.3, -0.25) is 4.79 Å². The lowest BCUT2D eigenvalue weighted by molar-refractivity contribution is -0.125. The Kier molecular flexibility index (Phi) is 6.56. The molecule has 100 valence electrons. The molecule has 0 aromatic heterocycles. The predicted octanol–water partition coefficient (Wildman–Crippen LogP) is 2.48. The molecule has 3 nitrogen and oxygen atoms in total. The van der Waals surface area contributed by atoms with Gasteiger partial charge in [-0.15, -0.1) is 0 Å². The molecule has 1 fully saturated rings. The summed E-state index contributed by atoms with van der Waals surface area (Å²) in [5.41, 5.74) is 0. The summed E-state index contributed by atoms with van der Waals surface area (Å²) in [6, 6.07) is 0. The van der Waals surface area contributed by atoms with Gasteiger partial charge in [0.1, 0.15) is 0 Å². The van der Waals surface area contributed by atoms with Crippen LogP contribution in [0, 0.1) is 11.8 Å². The van der Waals surface area contributed by atoms with Gasteiger partial charge in [0.05, 0.1) is 6.10 Å². The Morgan fingerprint density at radius 2 is 1.82 bits per heavy atom. The molecule has 1 unspecified atom stereocenters.